The van der Waals surface area contributed by atoms with E-state index in [2.05, 4.69) is 9.97 Å². The van der Waals surface area contributed by atoms with Crippen LogP contribution in [0.15, 0.2) is 30.6 Å². The Balaban J connectivity index is 2.28. The first-order valence-corrected chi connectivity index (χ1v) is 5.19. The van der Waals surface area contributed by atoms with E-state index in [1.807, 2.05) is 19.1 Å². The minimum absolute atomic E-state index is 0.345. The highest BCUT2D eigenvalue weighted by molar-refractivity contribution is 5.92. The van der Waals surface area contributed by atoms with Gasteiger partial charge >= 0.3 is 5.97 Å². The first-order valence-electron chi connectivity index (χ1n) is 5.19. The van der Waals surface area contributed by atoms with Crippen LogP contribution in [0, 0.1) is 0 Å². The second-order valence-corrected chi connectivity index (χ2v) is 3.40. The smallest absolute Gasteiger partial charge is 0.339 e. The number of ether oxygens (including phenoxy) is 1. The van der Waals surface area contributed by atoms with Gasteiger partial charge in [-0.1, -0.05) is 6.92 Å². The molecular weight excluding hydrogens is 204 g/mol. The Hall–Kier alpha value is -1.97. The maximum atomic E-state index is 11.6. The van der Waals surface area contributed by atoms with E-state index in [0.29, 0.717) is 17.7 Å². The topological polar surface area (TPSA) is 52.1 Å². The Bertz CT molecular complexity index is 511. The maximum absolute atomic E-state index is 11.6. The lowest BCUT2D eigenvalue weighted by Crippen LogP contribution is -2.06. The molecule has 4 heteroatoms. The summed E-state index contributed by atoms with van der Waals surface area (Å²) in [7, 11) is 0. The molecule has 2 heterocycles. The largest absolute Gasteiger partial charge is 0.462 e. The average Bonchev–Trinajstić information content (AvgIpc) is 2.35. The Morgan fingerprint density at radius 3 is 3.06 bits per heavy atom. The van der Waals surface area contributed by atoms with Crippen molar-refractivity contribution in [1.29, 1.82) is 0 Å². The van der Waals surface area contributed by atoms with E-state index in [1.54, 1.807) is 12.3 Å². The number of rotatable bonds is 3. The van der Waals surface area contributed by atoms with Crippen LogP contribution in [0.3, 0.4) is 0 Å². The van der Waals surface area contributed by atoms with E-state index >= 15 is 0 Å². The molecule has 0 spiro atoms. The van der Waals surface area contributed by atoms with Crippen molar-refractivity contribution in [3.05, 3.63) is 36.2 Å². The van der Waals surface area contributed by atoms with E-state index in [9.17, 15) is 4.79 Å². The van der Waals surface area contributed by atoms with Crippen LogP contribution in [0.4, 0.5) is 0 Å². The number of carbonyl (C=O) groups excluding carboxylic acids is 1. The number of carbonyl (C=O) groups is 1. The van der Waals surface area contributed by atoms with Crippen LogP contribution < -0.4 is 0 Å². The zero-order valence-corrected chi connectivity index (χ0v) is 9.01. The van der Waals surface area contributed by atoms with E-state index in [1.165, 1.54) is 6.20 Å². The molecule has 0 aliphatic heterocycles. The standard InChI is InChI=1S/C12H12N2O2/c1-2-6-16-12(15)9-7-11-10(14-8-9)4-3-5-13-11/h3-5,7-8H,2,6H2,1H3. The van der Waals surface area contributed by atoms with Gasteiger partial charge in [0, 0.05) is 12.4 Å². The lowest BCUT2D eigenvalue weighted by Gasteiger charge is -2.03. The average molecular weight is 216 g/mol. The SMILES string of the molecule is CCCOC(=O)c1cnc2cccnc2c1. The molecular formula is C12H12N2O2. The fourth-order valence-corrected chi connectivity index (χ4v) is 1.34. The number of aromatic nitrogens is 2. The second-order valence-electron chi connectivity index (χ2n) is 3.40. The molecule has 2 aromatic rings. The number of fused-ring (bicyclic) bond motifs is 1. The lowest BCUT2D eigenvalue weighted by atomic mass is 10.2. The molecule has 16 heavy (non-hydrogen) atoms. The minimum atomic E-state index is -0.345. The summed E-state index contributed by atoms with van der Waals surface area (Å²) in [6.45, 7) is 2.38. The Labute approximate surface area is 93.3 Å². The Morgan fingerprint density at radius 1 is 1.38 bits per heavy atom. The molecule has 0 N–H and O–H groups in total. The molecule has 2 aromatic heterocycles. The van der Waals surface area contributed by atoms with Gasteiger partial charge in [-0.25, -0.2) is 4.79 Å². The third-order valence-corrected chi connectivity index (χ3v) is 2.12. The second kappa shape index (κ2) is 4.70. The number of hydrogen-bond donors (Lipinski definition) is 0. The highest BCUT2D eigenvalue weighted by Crippen LogP contribution is 2.10. The molecule has 0 aliphatic carbocycles. The zero-order chi connectivity index (χ0) is 11.4. The third kappa shape index (κ3) is 2.16. The quantitative estimate of drug-likeness (QED) is 0.738. The molecule has 0 bridgehead atoms. The summed E-state index contributed by atoms with van der Waals surface area (Å²) in [5.41, 5.74) is 1.92. The molecule has 0 amide bonds. The summed E-state index contributed by atoms with van der Waals surface area (Å²) >= 11 is 0. The third-order valence-electron chi connectivity index (χ3n) is 2.12. The van der Waals surface area contributed by atoms with E-state index in [-0.39, 0.29) is 5.97 Å². The summed E-state index contributed by atoms with van der Waals surface area (Å²) in [6.07, 6.45) is 4.00. The summed E-state index contributed by atoms with van der Waals surface area (Å²) < 4.78 is 5.02. The number of hydrogen-bond acceptors (Lipinski definition) is 4. The predicted molar refractivity (Wildman–Crippen MR) is 60.1 cm³/mol. The first-order chi connectivity index (χ1) is 7.81. The molecule has 0 aromatic carbocycles. The van der Waals surface area contributed by atoms with Gasteiger partial charge < -0.3 is 4.74 Å². The Morgan fingerprint density at radius 2 is 2.25 bits per heavy atom. The van der Waals surface area contributed by atoms with Gasteiger partial charge in [0.25, 0.3) is 0 Å². The molecule has 0 unspecified atom stereocenters. The molecule has 0 saturated heterocycles. The molecule has 0 fully saturated rings. The minimum Gasteiger partial charge on any atom is -0.462 e. The number of pyridine rings is 2. The highest BCUT2D eigenvalue weighted by atomic mass is 16.5. The van der Waals surface area contributed by atoms with E-state index in [0.717, 1.165) is 11.9 Å². The predicted octanol–water partition coefficient (Wildman–Crippen LogP) is 2.20. The molecule has 0 aliphatic rings. The van der Waals surface area contributed by atoms with Crippen molar-refractivity contribution in [3.63, 3.8) is 0 Å². The van der Waals surface area contributed by atoms with Crippen LogP contribution in [0.25, 0.3) is 11.0 Å². The van der Waals surface area contributed by atoms with Crippen molar-refractivity contribution in [2.24, 2.45) is 0 Å². The van der Waals surface area contributed by atoms with Crippen molar-refractivity contribution >= 4 is 17.0 Å². The van der Waals surface area contributed by atoms with Crippen molar-refractivity contribution < 1.29 is 9.53 Å². The van der Waals surface area contributed by atoms with Crippen LogP contribution in [0.5, 0.6) is 0 Å². The van der Waals surface area contributed by atoms with E-state index < -0.39 is 0 Å². The lowest BCUT2D eigenvalue weighted by molar-refractivity contribution is 0.0505. The monoisotopic (exact) mass is 216 g/mol. The van der Waals surface area contributed by atoms with Crippen molar-refractivity contribution in [2.45, 2.75) is 13.3 Å². The summed E-state index contributed by atoms with van der Waals surface area (Å²) in [4.78, 5) is 19.8. The van der Waals surface area contributed by atoms with Gasteiger partial charge in [-0.3, -0.25) is 9.97 Å². The maximum Gasteiger partial charge on any atom is 0.339 e. The first kappa shape index (κ1) is 10.5. The number of esters is 1. The highest BCUT2D eigenvalue weighted by Gasteiger charge is 2.08. The molecule has 82 valence electrons. The molecule has 4 nitrogen and oxygen atoms in total. The molecule has 0 saturated carbocycles. The zero-order valence-electron chi connectivity index (χ0n) is 9.01. The van der Waals surface area contributed by atoms with Gasteiger partial charge in [0.2, 0.25) is 0 Å². The Kier molecular flexibility index (Phi) is 3.10. The van der Waals surface area contributed by atoms with Crippen molar-refractivity contribution in [2.75, 3.05) is 6.61 Å². The summed E-state index contributed by atoms with van der Waals surface area (Å²) in [5.74, 6) is -0.345. The van der Waals surface area contributed by atoms with Crippen molar-refractivity contribution in [3.8, 4) is 0 Å². The van der Waals surface area contributed by atoms with Crippen LogP contribution in [-0.2, 0) is 4.74 Å². The molecule has 0 radical (unpaired) electrons. The van der Waals surface area contributed by atoms with Gasteiger partial charge in [0.15, 0.2) is 0 Å². The van der Waals surface area contributed by atoms with Crippen LogP contribution in [0.2, 0.25) is 0 Å². The number of nitrogens with zero attached hydrogens (tertiary/aromatic N) is 2. The van der Waals surface area contributed by atoms with Gasteiger partial charge in [0.05, 0.1) is 23.2 Å². The van der Waals surface area contributed by atoms with E-state index in [4.69, 9.17) is 4.74 Å². The summed E-state index contributed by atoms with van der Waals surface area (Å²) in [6, 6.07) is 5.36. The van der Waals surface area contributed by atoms with Crippen molar-refractivity contribution in [1.82, 2.24) is 9.97 Å². The fourth-order valence-electron chi connectivity index (χ4n) is 1.34. The summed E-state index contributed by atoms with van der Waals surface area (Å²) in [5, 5.41) is 0. The van der Waals surface area contributed by atoms with Gasteiger partial charge in [-0.2, -0.15) is 0 Å². The van der Waals surface area contributed by atoms with Crippen LogP contribution >= 0.6 is 0 Å². The normalized spacial score (nSPS) is 10.3. The van der Waals surface area contributed by atoms with Crippen LogP contribution in [-0.4, -0.2) is 22.5 Å². The van der Waals surface area contributed by atoms with Gasteiger partial charge in [0.1, 0.15) is 0 Å². The van der Waals surface area contributed by atoms with Gasteiger partial charge in [-0.05, 0) is 24.6 Å². The van der Waals surface area contributed by atoms with Gasteiger partial charge in [-0.15, -0.1) is 0 Å². The molecule has 2 rings (SSSR count). The molecule has 0 atom stereocenters. The van der Waals surface area contributed by atoms with Crippen LogP contribution in [0.1, 0.15) is 23.7 Å². The fraction of sp³-hybridized carbons (Fsp3) is 0.250.